The van der Waals surface area contributed by atoms with Crippen LogP contribution in [0.25, 0.3) is 0 Å². The van der Waals surface area contributed by atoms with E-state index in [-0.39, 0.29) is 13.1 Å². The molecule has 272 valence electrons. The van der Waals surface area contributed by atoms with Gasteiger partial charge < -0.3 is 23.8 Å². The van der Waals surface area contributed by atoms with E-state index in [0.717, 1.165) is 29.2 Å². The summed E-state index contributed by atoms with van der Waals surface area (Å²) in [5.41, 5.74) is 3.00. The van der Waals surface area contributed by atoms with Crippen LogP contribution >= 0.6 is 12.0 Å². The molecule has 0 radical (unpaired) electrons. The molecular formula is C32H35N2O12S4-3. The molecule has 0 saturated heterocycles. The van der Waals surface area contributed by atoms with Crippen LogP contribution in [0, 0.1) is 0 Å². The summed E-state index contributed by atoms with van der Waals surface area (Å²) < 4.78 is 110. The maximum absolute atomic E-state index is 11.7. The fraction of sp³-hybridized carbons (Fsp3) is 0.344. The molecule has 0 aromatic heterocycles. The topological polar surface area (TPSA) is 219 Å². The standard InChI is InChI=1S/C32H38N2O12S4/c1-22(8-6-10-29-31(2,3)25-20-23(47-46-45-35)12-14-27(25)33(29)16-18-48(36,37)38)9-7-11-30-32(4,5)26-21-24(50(42,43)44)13-15-28(26)34(30)17-19-49(39,40)41/h6-15,20-21H,16-19H2,1-5H3,(H3-,35,36,37,38,39,40,41,42,43,44)/p-3. The van der Waals surface area contributed by atoms with Crippen LogP contribution in [0.4, 0.5) is 11.4 Å². The van der Waals surface area contributed by atoms with Crippen LogP contribution in [0.5, 0.6) is 0 Å². The molecule has 0 N–H and O–H groups in total. The first kappa shape index (κ1) is 39.6. The van der Waals surface area contributed by atoms with E-state index in [4.69, 9.17) is 0 Å². The molecule has 18 heteroatoms. The van der Waals surface area contributed by atoms with Gasteiger partial charge in [0.2, 0.25) is 5.69 Å². The third-order valence-corrected chi connectivity index (χ3v) is 11.3. The summed E-state index contributed by atoms with van der Waals surface area (Å²) in [5.74, 6) is -1.32. The zero-order valence-corrected chi connectivity index (χ0v) is 30.9. The van der Waals surface area contributed by atoms with Crippen LogP contribution in [0.1, 0.15) is 45.7 Å². The summed E-state index contributed by atoms with van der Waals surface area (Å²) in [4.78, 5) is 1.76. The molecule has 14 nitrogen and oxygen atoms in total. The van der Waals surface area contributed by atoms with Gasteiger partial charge in [-0.15, -0.1) is 0 Å². The summed E-state index contributed by atoms with van der Waals surface area (Å²) >= 11 is 0.719. The molecule has 0 amide bonds. The van der Waals surface area contributed by atoms with Gasteiger partial charge in [0.1, 0.15) is 20.2 Å². The number of hydrogen-bond acceptors (Lipinski definition) is 14. The van der Waals surface area contributed by atoms with Crippen LogP contribution in [0.3, 0.4) is 0 Å². The van der Waals surface area contributed by atoms with Gasteiger partial charge in [-0.2, -0.15) is 8.91 Å². The van der Waals surface area contributed by atoms with Crippen LogP contribution in [0.15, 0.2) is 93.9 Å². The summed E-state index contributed by atoms with van der Waals surface area (Å²) in [7, 11) is -13.9. The molecule has 0 spiro atoms. The van der Waals surface area contributed by atoms with Gasteiger partial charge in [0, 0.05) is 45.9 Å². The van der Waals surface area contributed by atoms with Crippen LogP contribution in [0.2, 0.25) is 0 Å². The van der Waals surface area contributed by atoms with Gasteiger partial charge in [0.15, 0.2) is 12.3 Å². The number of fused-ring (bicyclic) bond motifs is 2. The fourth-order valence-electron chi connectivity index (χ4n) is 6.10. The van der Waals surface area contributed by atoms with Gasteiger partial charge >= 0.3 is 0 Å². The molecule has 0 aliphatic carbocycles. The molecule has 50 heavy (non-hydrogen) atoms. The Morgan fingerprint density at radius 1 is 0.900 bits per heavy atom. The summed E-state index contributed by atoms with van der Waals surface area (Å²) in [5, 5.41) is 13.8. The monoisotopic (exact) mass is 767 g/mol. The number of rotatable bonds is 14. The Hall–Kier alpha value is -3.17. The predicted octanol–water partition coefficient (Wildman–Crippen LogP) is 3.03. The van der Waals surface area contributed by atoms with Crippen LogP contribution < -0.4 is 10.2 Å². The second-order valence-electron chi connectivity index (χ2n) is 12.7. The molecule has 0 atom stereocenters. The zero-order chi connectivity index (χ0) is 37.3. The Labute approximate surface area is 296 Å². The number of allylic oxidation sites excluding steroid dienone is 8. The minimum Gasteiger partial charge on any atom is -0.748 e. The average molecular weight is 768 g/mol. The molecule has 2 aromatic rings. The van der Waals surface area contributed by atoms with E-state index in [2.05, 4.69) is 9.37 Å². The molecule has 2 heterocycles. The molecule has 0 saturated carbocycles. The van der Waals surface area contributed by atoms with Gasteiger partial charge in [-0.1, -0.05) is 43.7 Å². The number of nitrogens with zero attached hydrogens (tertiary/aromatic N) is 2. The van der Waals surface area contributed by atoms with Crippen molar-refractivity contribution in [3.05, 3.63) is 95.3 Å². The lowest BCUT2D eigenvalue weighted by Crippen LogP contribution is -2.30. The summed E-state index contributed by atoms with van der Waals surface area (Å²) in [6, 6.07) is 9.03. The quantitative estimate of drug-likeness (QED) is 0.0674. The summed E-state index contributed by atoms with van der Waals surface area (Å²) in [6.07, 6.45) is 10.6. The van der Waals surface area contributed by atoms with E-state index in [1.54, 1.807) is 78.0 Å². The maximum atomic E-state index is 11.7. The van der Waals surface area contributed by atoms with E-state index in [9.17, 15) is 44.2 Å². The third-order valence-electron chi connectivity index (χ3n) is 8.53. The largest absolute Gasteiger partial charge is 0.748 e. The highest BCUT2D eigenvalue weighted by atomic mass is 32.2. The fourth-order valence-corrected chi connectivity index (χ4v) is 7.80. The van der Waals surface area contributed by atoms with Crippen molar-refractivity contribution in [2.24, 2.45) is 0 Å². The second-order valence-corrected chi connectivity index (χ2v) is 17.9. The third kappa shape index (κ3) is 9.19. The Bertz CT molecular complexity index is 2150. The van der Waals surface area contributed by atoms with E-state index in [0.29, 0.717) is 33.2 Å². The molecule has 0 unspecified atom stereocenters. The minimum absolute atomic E-state index is 0.0880. The number of benzene rings is 2. The minimum atomic E-state index is -4.76. The molecule has 0 fully saturated rings. The van der Waals surface area contributed by atoms with E-state index in [1.165, 1.54) is 12.1 Å². The average Bonchev–Trinajstić information content (AvgIpc) is 3.34. The molecule has 2 aliphatic heterocycles. The molecule has 4 rings (SSSR count). The normalized spacial score (nSPS) is 18.5. The summed E-state index contributed by atoms with van der Waals surface area (Å²) in [6.45, 7) is 8.99. The van der Waals surface area contributed by atoms with Gasteiger partial charge in [0.25, 0.3) is 0 Å². The first-order valence-electron chi connectivity index (χ1n) is 15.0. The Kier molecular flexibility index (Phi) is 11.7. The van der Waals surface area contributed by atoms with Crippen molar-refractivity contribution in [2.75, 3.05) is 29.5 Å². The highest BCUT2D eigenvalue weighted by Gasteiger charge is 2.44. The van der Waals surface area contributed by atoms with E-state index >= 15 is 0 Å². The van der Waals surface area contributed by atoms with Crippen molar-refractivity contribution in [3.63, 3.8) is 0 Å². The van der Waals surface area contributed by atoms with Crippen molar-refractivity contribution in [2.45, 2.75) is 55.2 Å². The van der Waals surface area contributed by atoms with Crippen molar-refractivity contribution < 1.29 is 58.1 Å². The maximum Gasteiger partial charge on any atom is 0.209 e. The number of anilines is 1. The Morgan fingerprint density at radius 3 is 2.20 bits per heavy atom. The Morgan fingerprint density at radius 2 is 1.58 bits per heavy atom. The molecule has 2 aromatic carbocycles. The van der Waals surface area contributed by atoms with Gasteiger partial charge in [-0.05, 0) is 62.7 Å². The zero-order valence-electron chi connectivity index (χ0n) is 27.7. The number of hydrogen-bond donors (Lipinski definition) is 0. The van der Waals surface area contributed by atoms with Crippen LogP contribution in [-0.2, 0) is 50.6 Å². The van der Waals surface area contributed by atoms with Gasteiger partial charge in [-0.3, -0.25) is 5.04 Å². The molecule has 2 aliphatic rings. The highest BCUT2D eigenvalue weighted by Crippen LogP contribution is 2.48. The van der Waals surface area contributed by atoms with E-state index in [1.807, 2.05) is 20.8 Å². The van der Waals surface area contributed by atoms with E-state index < -0.39 is 57.6 Å². The smallest absolute Gasteiger partial charge is 0.209 e. The lowest BCUT2D eigenvalue weighted by atomic mass is 9.81. The highest BCUT2D eigenvalue weighted by molar-refractivity contribution is 7.94. The predicted molar refractivity (Wildman–Crippen MR) is 181 cm³/mol. The van der Waals surface area contributed by atoms with Crippen molar-refractivity contribution in [1.82, 2.24) is 0 Å². The van der Waals surface area contributed by atoms with Crippen molar-refractivity contribution in [1.29, 1.82) is 0 Å². The van der Waals surface area contributed by atoms with Crippen LogP contribution in [-0.4, -0.2) is 73.8 Å². The van der Waals surface area contributed by atoms with Gasteiger partial charge in [0.05, 0.1) is 44.0 Å². The molecular weight excluding hydrogens is 733 g/mol. The SMILES string of the molecule is CC(C=C/C=C1/N(CCS(=O)(=O)[O-])c2ccc(S(=O)(=O)[O-])cc2C1(C)C)=CC=CC1=[N+](CCS(=O)(=O)[O-])c2ccc(SOO[O-])cc2C1(C)C. The lowest BCUT2D eigenvalue weighted by molar-refractivity contribution is -0.777. The van der Waals surface area contributed by atoms with Crippen molar-refractivity contribution >= 4 is 59.5 Å². The van der Waals surface area contributed by atoms with Gasteiger partial charge in [-0.25, -0.2) is 25.3 Å². The first-order chi connectivity index (χ1) is 23.1. The first-order valence-corrected chi connectivity index (χ1v) is 20.3. The lowest BCUT2D eigenvalue weighted by Gasteiger charge is -2.27. The Balaban J connectivity index is 1.65. The van der Waals surface area contributed by atoms with Crippen molar-refractivity contribution in [3.8, 4) is 0 Å². The second kappa shape index (κ2) is 14.8. The molecule has 0 bridgehead atoms.